The van der Waals surface area contributed by atoms with Crippen LogP contribution in [-0.2, 0) is 0 Å². The van der Waals surface area contributed by atoms with Gasteiger partial charge in [0.05, 0.1) is 6.61 Å². The van der Waals surface area contributed by atoms with Crippen molar-refractivity contribution in [1.29, 1.82) is 0 Å². The summed E-state index contributed by atoms with van der Waals surface area (Å²) in [6.07, 6.45) is 9.99. The minimum atomic E-state index is -0.0798. The molecule has 0 bridgehead atoms. The van der Waals surface area contributed by atoms with Crippen LogP contribution < -0.4 is 5.32 Å². The van der Waals surface area contributed by atoms with Crippen LogP contribution in [0.25, 0.3) is 0 Å². The van der Waals surface area contributed by atoms with Crippen molar-refractivity contribution in [2.45, 2.75) is 51.0 Å². The average molecular weight is 276 g/mol. The Balaban J connectivity index is 1.63. The Morgan fingerprint density at radius 1 is 1.35 bits per heavy atom. The third-order valence-electron chi connectivity index (χ3n) is 5.10. The van der Waals surface area contributed by atoms with Gasteiger partial charge in [0.2, 0.25) is 0 Å². The largest absolute Gasteiger partial charge is 0.396 e. The van der Waals surface area contributed by atoms with Gasteiger partial charge in [0.25, 0.3) is 5.91 Å². The second-order valence-electron chi connectivity index (χ2n) is 6.43. The van der Waals surface area contributed by atoms with Gasteiger partial charge >= 0.3 is 0 Å². The molecule has 1 heterocycles. The molecule has 2 N–H and O–H groups in total. The van der Waals surface area contributed by atoms with E-state index in [0.717, 1.165) is 31.4 Å². The van der Waals surface area contributed by atoms with Gasteiger partial charge < -0.3 is 15.0 Å². The summed E-state index contributed by atoms with van der Waals surface area (Å²) in [7, 11) is 0. The zero-order valence-electron chi connectivity index (χ0n) is 12.0. The number of aliphatic hydroxyl groups excluding tert-OH is 1. The second-order valence-corrected chi connectivity index (χ2v) is 6.43. The first kappa shape index (κ1) is 13.7. The molecule has 20 heavy (non-hydrogen) atoms. The van der Waals surface area contributed by atoms with E-state index in [1.54, 1.807) is 0 Å². The molecule has 1 amide bonds. The van der Waals surface area contributed by atoms with Crippen molar-refractivity contribution in [1.82, 2.24) is 9.88 Å². The maximum Gasteiger partial charge on any atom is 0.267 e. The molecular formula is C16H24N2O2. The molecule has 2 saturated carbocycles. The third kappa shape index (κ3) is 2.49. The minimum Gasteiger partial charge on any atom is -0.396 e. The van der Waals surface area contributed by atoms with Crippen LogP contribution in [0.1, 0.15) is 61.5 Å². The first-order valence-corrected chi connectivity index (χ1v) is 7.80. The number of carbonyl (C=O) groups excluding carboxylic acids is 1. The Morgan fingerprint density at radius 3 is 2.70 bits per heavy atom. The van der Waals surface area contributed by atoms with Crippen molar-refractivity contribution in [2.75, 3.05) is 13.2 Å². The Labute approximate surface area is 120 Å². The van der Waals surface area contributed by atoms with E-state index in [1.807, 2.05) is 18.3 Å². The van der Waals surface area contributed by atoms with E-state index >= 15 is 0 Å². The van der Waals surface area contributed by atoms with Crippen molar-refractivity contribution < 1.29 is 9.90 Å². The number of hydrogen-bond donors (Lipinski definition) is 2. The average Bonchev–Trinajstić information content (AvgIpc) is 3.03. The van der Waals surface area contributed by atoms with Gasteiger partial charge in [-0.05, 0) is 44.2 Å². The van der Waals surface area contributed by atoms with Crippen molar-refractivity contribution in [3.63, 3.8) is 0 Å². The van der Waals surface area contributed by atoms with Crippen molar-refractivity contribution in [2.24, 2.45) is 5.41 Å². The van der Waals surface area contributed by atoms with Crippen LogP contribution in [0.5, 0.6) is 0 Å². The van der Waals surface area contributed by atoms with Crippen LogP contribution in [0.3, 0.4) is 0 Å². The maximum atomic E-state index is 12.4. The molecule has 2 aliphatic carbocycles. The number of nitrogens with one attached hydrogen (secondary N) is 1. The van der Waals surface area contributed by atoms with Crippen LogP contribution in [0.15, 0.2) is 18.3 Å². The molecule has 0 saturated heterocycles. The molecule has 110 valence electrons. The lowest BCUT2D eigenvalue weighted by Crippen LogP contribution is -2.39. The van der Waals surface area contributed by atoms with Crippen LogP contribution in [0, 0.1) is 5.41 Å². The summed E-state index contributed by atoms with van der Waals surface area (Å²) in [5, 5.41) is 12.6. The molecule has 2 fully saturated rings. The standard InChI is InChI=1S/C16H24N2O2/c19-12-16(8-1-2-9-16)11-17-15(20)14-7-4-10-18(14)13-5-3-6-13/h4,7,10,13,19H,1-3,5-6,8-9,11-12H2,(H,17,20). The highest BCUT2D eigenvalue weighted by Crippen LogP contribution is 2.37. The molecule has 1 aromatic rings. The Morgan fingerprint density at radius 2 is 2.10 bits per heavy atom. The Bertz CT molecular complexity index is 471. The highest BCUT2D eigenvalue weighted by molar-refractivity contribution is 5.92. The SMILES string of the molecule is O=C(NCC1(CO)CCCC1)c1cccn1C1CCC1. The molecule has 1 aromatic heterocycles. The van der Waals surface area contributed by atoms with Crippen LogP contribution in [0.4, 0.5) is 0 Å². The Kier molecular flexibility index (Phi) is 3.83. The molecule has 0 atom stereocenters. The predicted molar refractivity (Wildman–Crippen MR) is 77.6 cm³/mol. The molecular weight excluding hydrogens is 252 g/mol. The predicted octanol–water partition coefficient (Wildman–Crippen LogP) is 2.50. The van der Waals surface area contributed by atoms with Crippen molar-refractivity contribution >= 4 is 5.91 Å². The fraction of sp³-hybridized carbons (Fsp3) is 0.688. The summed E-state index contributed by atoms with van der Waals surface area (Å²) in [6, 6.07) is 4.35. The van der Waals surface area contributed by atoms with Gasteiger partial charge in [-0.1, -0.05) is 12.8 Å². The van der Waals surface area contributed by atoms with Crippen LogP contribution in [-0.4, -0.2) is 28.7 Å². The summed E-state index contributed by atoms with van der Waals surface area (Å²) >= 11 is 0. The molecule has 2 aliphatic rings. The molecule has 4 heteroatoms. The van der Waals surface area contributed by atoms with Crippen LogP contribution in [0.2, 0.25) is 0 Å². The number of nitrogens with zero attached hydrogens (tertiary/aromatic N) is 1. The summed E-state index contributed by atoms with van der Waals surface area (Å²) in [5.41, 5.74) is 0.685. The molecule has 0 aromatic carbocycles. The normalized spacial score (nSPS) is 21.6. The van der Waals surface area contributed by atoms with E-state index < -0.39 is 0 Å². The van der Waals surface area contributed by atoms with Gasteiger partial charge in [0, 0.05) is 24.2 Å². The van der Waals surface area contributed by atoms with E-state index in [9.17, 15) is 9.90 Å². The van der Waals surface area contributed by atoms with E-state index in [2.05, 4.69) is 9.88 Å². The highest BCUT2D eigenvalue weighted by Gasteiger charge is 2.34. The monoisotopic (exact) mass is 276 g/mol. The van der Waals surface area contributed by atoms with Gasteiger partial charge in [0.15, 0.2) is 0 Å². The quantitative estimate of drug-likeness (QED) is 0.868. The number of carbonyl (C=O) groups is 1. The van der Waals surface area contributed by atoms with E-state index in [0.29, 0.717) is 12.6 Å². The molecule has 0 aliphatic heterocycles. The zero-order chi connectivity index (χ0) is 14.0. The minimum absolute atomic E-state index is 0.00150. The lowest BCUT2D eigenvalue weighted by Gasteiger charge is -2.30. The second kappa shape index (κ2) is 5.60. The molecule has 0 unspecified atom stereocenters. The fourth-order valence-corrected chi connectivity index (χ4v) is 3.44. The maximum absolute atomic E-state index is 12.4. The lowest BCUT2D eigenvalue weighted by molar-refractivity contribution is 0.0867. The summed E-state index contributed by atoms with van der Waals surface area (Å²) < 4.78 is 2.11. The third-order valence-corrected chi connectivity index (χ3v) is 5.10. The summed E-state index contributed by atoms with van der Waals surface area (Å²) in [4.78, 5) is 12.4. The van der Waals surface area contributed by atoms with E-state index in [1.165, 1.54) is 19.3 Å². The van der Waals surface area contributed by atoms with Gasteiger partial charge in [-0.25, -0.2) is 0 Å². The number of amides is 1. The first-order chi connectivity index (χ1) is 9.74. The van der Waals surface area contributed by atoms with Crippen molar-refractivity contribution in [3.8, 4) is 0 Å². The molecule has 4 nitrogen and oxygen atoms in total. The topological polar surface area (TPSA) is 54.3 Å². The van der Waals surface area contributed by atoms with E-state index in [-0.39, 0.29) is 17.9 Å². The zero-order valence-corrected chi connectivity index (χ0v) is 12.0. The smallest absolute Gasteiger partial charge is 0.267 e. The summed E-state index contributed by atoms with van der Waals surface area (Å²) in [5.74, 6) is 0.00150. The molecule has 0 radical (unpaired) electrons. The fourth-order valence-electron chi connectivity index (χ4n) is 3.44. The summed E-state index contributed by atoms with van der Waals surface area (Å²) in [6.45, 7) is 0.773. The number of rotatable bonds is 5. The number of hydrogen-bond acceptors (Lipinski definition) is 2. The lowest BCUT2D eigenvalue weighted by atomic mass is 9.87. The highest BCUT2D eigenvalue weighted by atomic mass is 16.3. The molecule has 0 spiro atoms. The van der Waals surface area contributed by atoms with Gasteiger partial charge in [-0.15, -0.1) is 0 Å². The van der Waals surface area contributed by atoms with Gasteiger partial charge in [0.1, 0.15) is 5.69 Å². The Hall–Kier alpha value is -1.29. The van der Waals surface area contributed by atoms with Crippen LogP contribution >= 0.6 is 0 Å². The number of aliphatic hydroxyl groups is 1. The first-order valence-electron chi connectivity index (χ1n) is 7.80. The van der Waals surface area contributed by atoms with E-state index in [4.69, 9.17) is 0 Å². The van der Waals surface area contributed by atoms with Crippen molar-refractivity contribution in [3.05, 3.63) is 24.0 Å². The molecule has 3 rings (SSSR count). The van der Waals surface area contributed by atoms with Gasteiger partial charge in [-0.2, -0.15) is 0 Å². The number of aromatic nitrogens is 1. The van der Waals surface area contributed by atoms with Gasteiger partial charge in [-0.3, -0.25) is 4.79 Å².